The molecular formula is C12H12N4O3S. The van der Waals surface area contributed by atoms with Crippen LogP contribution in [0.5, 0.6) is 0 Å². The van der Waals surface area contributed by atoms with Crippen LogP contribution in [0.1, 0.15) is 20.9 Å². The van der Waals surface area contributed by atoms with E-state index in [1.807, 2.05) is 0 Å². The Labute approximate surface area is 118 Å². The summed E-state index contributed by atoms with van der Waals surface area (Å²) in [5.74, 6) is -1.04. The van der Waals surface area contributed by atoms with Crippen LogP contribution in [-0.2, 0) is 0 Å². The summed E-state index contributed by atoms with van der Waals surface area (Å²) in [5, 5.41) is 22.8. The molecule has 3 N–H and O–H groups in total. The summed E-state index contributed by atoms with van der Waals surface area (Å²) in [6.07, 6.45) is 0. The van der Waals surface area contributed by atoms with Gasteiger partial charge in [-0.2, -0.15) is 0 Å². The third-order valence-electron chi connectivity index (χ3n) is 2.56. The first-order valence-corrected chi connectivity index (χ1v) is 6.50. The van der Waals surface area contributed by atoms with Crippen molar-refractivity contribution in [3.8, 4) is 0 Å². The average molecular weight is 292 g/mol. The van der Waals surface area contributed by atoms with Gasteiger partial charge in [-0.3, -0.25) is 5.32 Å². The maximum atomic E-state index is 11.8. The van der Waals surface area contributed by atoms with Gasteiger partial charge in [-0.1, -0.05) is 17.4 Å². The Morgan fingerprint density at radius 3 is 2.55 bits per heavy atom. The number of carboxylic acids is 1. The smallest absolute Gasteiger partial charge is 0.336 e. The molecule has 0 spiro atoms. The first-order valence-electron chi connectivity index (χ1n) is 5.68. The average Bonchev–Trinajstić information content (AvgIpc) is 2.77. The summed E-state index contributed by atoms with van der Waals surface area (Å²) in [7, 11) is 0. The summed E-state index contributed by atoms with van der Waals surface area (Å²) in [6.45, 7) is 3.41. The van der Waals surface area contributed by atoms with Crippen molar-refractivity contribution < 1.29 is 14.7 Å². The second kappa shape index (κ2) is 5.66. The number of carbonyl (C=O) groups excluding carboxylic acids is 1. The van der Waals surface area contributed by atoms with Crippen LogP contribution in [-0.4, -0.2) is 27.3 Å². The van der Waals surface area contributed by atoms with E-state index >= 15 is 0 Å². The van der Waals surface area contributed by atoms with Crippen LogP contribution in [0.25, 0.3) is 0 Å². The topological polar surface area (TPSA) is 104 Å². The van der Waals surface area contributed by atoms with Gasteiger partial charge in [0.05, 0.1) is 5.56 Å². The number of rotatable bonds is 3. The molecule has 20 heavy (non-hydrogen) atoms. The second-order valence-corrected chi connectivity index (χ2v) is 5.17. The lowest BCUT2D eigenvalue weighted by Gasteiger charge is -2.10. The number of benzene rings is 1. The van der Waals surface area contributed by atoms with Crippen molar-refractivity contribution in [1.82, 2.24) is 10.2 Å². The van der Waals surface area contributed by atoms with Crippen molar-refractivity contribution in [1.29, 1.82) is 0 Å². The molecule has 0 saturated heterocycles. The van der Waals surface area contributed by atoms with Crippen LogP contribution in [0.2, 0.25) is 0 Å². The highest BCUT2D eigenvalue weighted by atomic mass is 32.1. The quantitative estimate of drug-likeness (QED) is 0.806. The standard InChI is InChI=1S/C12H12N4O3S/c1-6-8(10(17)18)4-3-5-9(6)13-11(19)14-12-16-15-7(2)20-12/h3-5H,1-2H3,(H,17,18)(H2,13,14,16,19). The highest BCUT2D eigenvalue weighted by Gasteiger charge is 2.12. The molecule has 0 aliphatic carbocycles. The van der Waals surface area contributed by atoms with Crippen LogP contribution in [0.15, 0.2) is 18.2 Å². The molecule has 1 aromatic heterocycles. The Hall–Kier alpha value is -2.48. The Morgan fingerprint density at radius 1 is 1.20 bits per heavy atom. The zero-order valence-corrected chi connectivity index (χ0v) is 11.6. The molecule has 0 unspecified atom stereocenters. The molecule has 2 aromatic rings. The normalized spacial score (nSPS) is 10.1. The van der Waals surface area contributed by atoms with E-state index in [1.54, 1.807) is 26.0 Å². The van der Waals surface area contributed by atoms with Crippen molar-refractivity contribution in [2.24, 2.45) is 0 Å². The molecular weight excluding hydrogens is 280 g/mol. The number of anilines is 2. The molecule has 104 valence electrons. The first-order chi connectivity index (χ1) is 9.47. The molecule has 0 bridgehead atoms. The molecule has 8 heteroatoms. The molecule has 0 atom stereocenters. The lowest BCUT2D eigenvalue weighted by molar-refractivity contribution is 0.0696. The van der Waals surface area contributed by atoms with Crippen LogP contribution in [0, 0.1) is 13.8 Å². The van der Waals surface area contributed by atoms with Crippen LogP contribution in [0.4, 0.5) is 15.6 Å². The SMILES string of the molecule is Cc1nnc(NC(=O)Nc2cccc(C(=O)O)c2C)s1. The van der Waals surface area contributed by atoms with E-state index < -0.39 is 12.0 Å². The third-order valence-corrected chi connectivity index (χ3v) is 3.31. The van der Waals surface area contributed by atoms with E-state index in [0.29, 0.717) is 16.4 Å². The van der Waals surface area contributed by atoms with Gasteiger partial charge in [-0.15, -0.1) is 10.2 Å². The number of nitrogens with zero attached hydrogens (tertiary/aromatic N) is 2. The van der Waals surface area contributed by atoms with Gasteiger partial charge in [0.1, 0.15) is 5.01 Å². The molecule has 2 rings (SSSR count). The van der Waals surface area contributed by atoms with Crippen molar-refractivity contribution >= 4 is 34.2 Å². The van der Waals surface area contributed by atoms with Gasteiger partial charge in [-0.25, -0.2) is 9.59 Å². The predicted molar refractivity (Wildman–Crippen MR) is 75.4 cm³/mol. The van der Waals surface area contributed by atoms with Crippen molar-refractivity contribution in [2.75, 3.05) is 10.6 Å². The second-order valence-electron chi connectivity index (χ2n) is 3.99. The van der Waals surface area contributed by atoms with Gasteiger partial charge >= 0.3 is 12.0 Å². The van der Waals surface area contributed by atoms with Crippen molar-refractivity contribution in [3.63, 3.8) is 0 Å². The lowest BCUT2D eigenvalue weighted by atomic mass is 10.1. The lowest BCUT2D eigenvalue weighted by Crippen LogP contribution is -2.20. The number of aromatic nitrogens is 2. The number of carbonyl (C=O) groups is 2. The predicted octanol–water partition coefficient (Wildman–Crippen LogP) is 2.50. The minimum absolute atomic E-state index is 0.148. The van der Waals surface area contributed by atoms with Gasteiger partial charge in [0, 0.05) is 5.69 Å². The Balaban J connectivity index is 2.12. The Bertz CT molecular complexity index is 668. The Morgan fingerprint density at radius 2 is 1.95 bits per heavy atom. The van der Waals surface area contributed by atoms with Gasteiger partial charge < -0.3 is 10.4 Å². The number of carboxylic acid groups (broad SMARTS) is 1. The largest absolute Gasteiger partial charge is 0.478 e. The molecule has 2 amide bonds. The minimum atomic E-state index is -1.04. The first kappa shape index (κ1) is 13.9. The highest BCUT2D eigenvalue weighted by molar-refractivity contribution is 7.15. The summed E-state index contributed by atoms with van der Waals surface area (Å²) in [4.78, 5) is 22.8. The van der Waals surface area contributed by atoms with Crippen molar-refractivity contribution in [2.45, 2.75) is 13.8 Å². The maximum absolute atomic E-state index is 11.8. The van der Waals surface area contributed by atoms with Crippen LogP contribution >= 0.6 is 11.3 Å². The summed E-state index contributed by atoms with van der Waals surface area (Å²) < 4.78 is 0. The number of hydrogen-bond donors (Lipinski definition) is 3. The number of amides is 2. The number of nitrogens with one attached hydrogen (secondary N) is 2. The van der Waals surface area contributed by atoms with Crippen molar-refractivity contribution in [3.05, 3.63) is 34.3 Å². The van der Waals surface area contributed by atoms with Gasteiger partial charge in [0.15, 0.2) is 0 Å². The number of urea groups is 1. The third kappa shape index (κ3) is 3.09. The molecule has 1 heterocycles. The molecule has 0 fully saturated rings. The molecule has 1 aromatic carbocycles. The number of hydrogen-bond acceptors (Lipinski definition) is 5. The van der Waals surface area contributed by atoms with E-state index in [2.05, 4.69) is 20.8 Å². The zero-order valence-electron chi connectivity index (χ0n) is 10.8. The Kier molecular flexibility index (Phi) is 3.94. The monoisotopic (exact) mass is 292 g/mol. The van der Waals surface area contributed by atoms with Gasteiger partial charge in [-0.05, 0) is 31.5 Å². The van der Waals surface area contributed by atoms with E-state index in [0.717, 1.165) is 5.01 Å². The van der Waals surface area contributed by atoms with E-state index in [9.17, 15) is 9.59 Å². The van der Waals surface area contributed by atoms with Gasteiger partial charge in [0.25, 0.3) is 0 Å². The molecule has 0 aliphatic rings. The highest BCUT2D eigenvalue weighted by Crippen LogP contribution is 2.20. The minimum Gasteiger partial charge on any atom is -0.478 e. The zero-order chi connectivity index (χ0) is 14.7. The number of aromatic carboxylic acids is 1. The van der Waals surface area contributed by atoms with E-state index in [4.69, 9.17) is 5.11 Å². The van der Waals surface area contributed by atoms with Gasteiger partial charge in [0.2, 0.25) is 5.13 Å². The molecule has 7 nitrogen and oxygen atoms in total. The van der Waals surface area contributed by atoms with Crippen LogP contribution < -0.4 is 10.6 Å². The molecule has 0 aliphatic heterocycles. The maximum Gasteiger partial charge on any atom is 0.336 e. The summed E-state index contributed by atoms with van der Waals surface area (Å²) >= 11 is 1.25. The fraction of sp³-hybridized carbons (Fsp3) is 0.167. The fourth-order valence-electron chi connectivity index (χ4n) is 1.60. The summed E-state index contributed by atoms with van der Waals surface area (Å²) in [5.41, 5.74) is 1.07. The van der Waals surface area contributed by atoms with E-state index in [-0.39, 0.29) is 5.56 Å². The van der Waals surface area contributed by atoms with Crippen LogP contribution in [0.3, 0.4) is 0 Å². The number of aryl methyl sites for hydroxylation is 1. The molecule has 0 radical (unpaired) electrons. The van der Waals surface area contributed by atoms with E-state index in [1.165, 1.54) is 17.4 Å². The molecule has 0 saturated carbocycles. The summed E-state index contributed by atoms with van der Waals surface area (Å²) in [6, 6.07) is 4.19. The fourth-order valence-corrected chi connectivity index (χ4v) is 2.19.